The molecule has 0 saturated carbocycles. The Morgan fingerprint density at radius 1 is 0.857 bits per heavy atom. The number of ether oxygens (including phenoxy) is 2. The molecule has 3 heteroatoms. The van der Waals surface area contributed by atoms with Gasteiger partial charge in [0.25, 0.3) is 0 Å². The van der Waals surface area contributed by atoms with E-state index in [9.17, 15) is 4.79 Å². The van der Waals surface area contributed by atoms with Crippen LogP contribution in [0.5, 0.6) is 5.75 Å². The summed E-state index contributed by atoms with van der Waals surface area (Å²) in [6.45, 7) is 3.96. The maximum Gasteiger partial charge on any atom is 0.339 e. The second kappa shape index (κ2) is 7.35. The SMILES string of the molecule is CCOC(=O)C1=C(C)Oc2ccccc2C1(c1ccccc1)c1ccccc1. The summed E-state index contributed by atoms with van der Waals surface area (Å²) in [5.41, 5.74) is 2.64. The number of para-hydroxylation sites is 1. The molecule has 0 aliphatic carbocycles. The highest BCUT2D eigenvalue weighted by Crippen LogP contribution is 2.52. The zero-order chi connectivity index (χ0) is 19.6. The van der Waals surface area contributed by atoms with Crippen molar-refractivity contribution in [3.05, 3.63) is 113 Å². The first kappa shape index (κ1) is 18.1. The number of esters is 1. The second-order valence-corrected chi connectivity index (χ2v) is 6.73. The molecule has 140 valence electrons. The number of hydrogen-bond donors (Lipinski definition) is 0. The molecule has 3 aromatic rings. The molecule has 28 heavy (non-hydrogen) atoms. The standard InChI is InChI=1S/C25H22O3/c1-3-27-24(26)23-18(2)28-22-17-11-10-16-21(22)25(23,19-12-6-4-7-13-19)20-14-8-5-9-15-20/h4-17H,3H2,1-2H3. The highest BCUT2D eigenvalue weighted by Gasteiger charge is 2.49. The molecule has 0 aromatic heterocycles. The molecule has 0 fully saturated rings. The molecule has 1 heterocycles. The highest BCUT2D eigenvalue weighted by atomic mass is 16.5. The van der Waals surface area contributed by atoms with Crippen LogP contribution >= 0.6 is 0 Å². The van der Waals surface area contributed by atoms with Gasteiger partial charge in [0.15, 0.2) is 0 Å². The molecule has 1 aliphatic rings. The van der Waals surface area contributed by atoms with Crippen molar-refractivity contribution in [3.8, 4) is 5.75 Å². The van der Waals surface area contributed by atoms with Gasteiger partial charge in [0.2, 0.25) is 0 Å². The van der Waals surface area contributed by atoms with E-state index in [2.05, 4.69) is 24.3 Å². The van der Waals surface area contributed by atoms with Gasteiger partial charge in [-0.15, -0.1) is 0 Å². The van der Waals surface area contributed by atoms with E-state index in [-0.39, 0.29) is 5.97 Å². The number of carbonyl (C=O) groups excluding carboxylic acids is 1. The Bertz CT molecular complexity index is 980. The van der Waals surface area contributed by atoms with Gasteiger partial charge >= 0.3 is 5.97 Å². The van der Waals surface area contributed by atoms with Gasteiger partial charge < -0.3 is 9.47 Å². The third kappa shape index (κ3) is 2.71. The molecule has 1 aliphatic heterocycles. The Kier molecular flexibility index (Phi) is 4.74. The summed E-state index contributed by atoms with van der Waals surface area (Å²) < 4.78 is 11.6. The predicted molar refractivity (Wildman–Crippen MR) is 109 cm³/mol. The molecular weight excluding hydrogens is 348 g/mol. The Labute approximate surface area is 165 Å². The van der Waals surface area contributed by atoms with Crippen molar-refractivity contribution in [1.82, 2.24) is 0 Å². The maximum absolute atomic E-state index is 13.2. The van der Waals surface area contributed by atoms with Crippen LogP contribution in [-0.2, 0) is 14.9 Å². The van der Waals surface area contributed by atoms with E-state index in [1.54, 1.807) is 0 Å². The van der Waals surface area contributed by atoms with Crippen LogP contribution in [0, 0.1) is 0 Å². The lowest BCUT2D eigenvalue weighted by molar-refractivity contribution is -0.139. The second-order valence-electron chi connectivity index (χ2n) is 6.73. The van der Waals surface area contributed by atoms with Crippen molar-refractivity contribution in [1.29, 1.82) is 0 Å². The number of benzene rings is 3. The van der Waals surface area contributed by atoms with Gasteiger partial charge in [0.1, 0.15) is 11.5 Å². The van der Waals surface area contributed by atoms with Gasteiger partial charge in [-0.25, -0.2) is 4.79 Å². The first-order valence-electron chi connectivity index (χ1n) is 9.46. The van der Waals surface area contributed by atoms with Crippen molar-refractivity contribution in [2.24, 2.45) is 0 Å². The molecule has 3 nitrogen and oxygen atoms in total. The maximum atomic E-state index is 13.2. The zero-order valence-corrected chi connectivity index (χ0v) is 16.0. The Balaban J connectivity index is 2.15. The lowest BCUT2D eigenvalue weighted by Gasteiger charge is -2.41. The van der Waals surface area contributed by atoms with Crippen molar-refractivity contribution in [2.45, 2.75) is 19.3 Å². The van der Waals surface area contributed by atoms with E-state index in [1.807, 2.05) is 74.5 Å². The molecule has 0 amide bonds. The molecule has 0 spiro atoms. The van der Waals surface area contributed by atoms with Crippen LogP contribution in [0.4, 0.5) is 0 Å². The fourth-order valence-electron chi connectivity index (χ4n) is 4.12. The van der Waals surface area contributed by atoms with Gasteiger partial charge in [-0.1, -0.05) is 78.9 Å². The Morgan fingerprint density at radius 3 is 1.96 bits per heavy atom. The van der Waals surface area contributed by atoms with Crippen LogP contribution in [0.3, 0.4) is 0 Å². The monoisotopic (exact) mass is 370 g/mol. The number of fused-ring (bicyclic) bond motifs is 1. The average Bonchev–Trinajstić information content (AvgIpc) is 2.74. The van der Waals surface area contributed by atoms with Crippen molar-refractivity contribution < 1.29 is 14.3 Å². The molecule has 0 saturated heterocycles. The predicted octanol–water partition coefficient (Wildman–Crippen LogP) is 5.25. The third-order valence-corrected chi connectivity index (χ3v) is 5.17. The lowest BCUT2D eigenvalue weighted by Crippen LogP contribution is -2.40. The minimum Gasteiger partial charge on any atom is -0.462 e. The Hall–Kier alpha value is -3.33. The zero-order valence-electron chi connectivity index (χ0n) is 16.0. The molecule has 0 N–H and O–H groups in total. The fraction of sp³-hybridized carbons (Fsp3) is 0.160. The number of carbonyl (C=O) groups is 1. The summed E-state index contributed by atoms with van der Waals surface area (Å²) in [7, 11) is 0. The number of rotatable bonds is 4. The van der Waals surface area contributed by atoms with E-state index in [1.165, 1.54) is 0 Å². The smallest absolute Gasteiger partial charge is 0.339 e. The van der Waals surface area contributed by atoms with E-state index in [0.29, 0.717) is 17.9 Å². The normalized spacial score (nSPS) is 14.8. The fourth-order valence-corrected chi connectivity index (χ4v) is 4.12. The van der Waals surface area contributed by atoms with Gasteiger partial charge in [-0.05, 0) is 31.0 Å². The molecule has 0 bridgehead atoms. The molecule has 0 radical (unpaired) electrons. The van der Waals surface area contributed by atoms with Crippen molar-refractivity contribution in [3.63, 3.8) is 0 Å². The average molecular weight is 370 g/mol. The molecular formula is C25H22O3. The van der Waals surface area contributed by atoms with E-state index in [0.717, 1.165) is 22.4 Å². The summed E-state index contributed by atoms with van der Waals surface area (Å²) >= 11 is 0. The van der Waals surface area contributed by atoms with E-state index in [4.69, 9.17) is 9.47 Å². The van der Waals surface area contributed by atoms with Crippen LogP contribution in [0.2, 0.25) is 0 Å². The van der Waals surface area contributed by atoms with Crippen LogP contribution in [0.1, 0.15) is 30.5 Å². The first-order chi connectivity index (χ1) is 13.7. The van der Waals surface area contributed by atoms with Gasteiger partial charge in [-0.2, -0.15) is 0 Å². The van der Waals surface area contributed by atoms with Crippen LogP contribution in [0.15, 0.2) is 96.3 Å². The minimum absolute atomic E-state index is 0.302. The highest BCUT2D eigenvalue weighted by molar-refractivity contribution is 5.96. The molecule has 0 unspecified atom stereocenters. The minimum atomic E-state index is -0.812. The number of allylic oxidation sites excluding steroid dienone is 1. The van der Waals surface area contributed by atoms with Crippen molar-refractivity contribution in [2.75, 3.05) is 6.61 Å². The summed E-state index contributed by atoms with van der Waals surface area (Å²) in [5, 5.41) is 0. The summed E-state index contributed by atoms with van der Waals surface area (Å²) in [5.74, 6) is 0.952. The molecule has 4 rings (SSSR count). The van der Waals surface area contributed by atoms with Gasteiger partial charge in [0, 0.05) is 5.56 Å². The molecule has 0 atom stereocenters. The molecule has 3 aromatic carbocycles. The summed E-state index contributed by atoms with van der Waals surface area (Å²) in [6, 6.07) is 28.1. The lowest BCUT2D eigenvalue weighted by atomic mass is 9.63. The quantitative estimate of drug-likeness (QED) is 0.589. The summed E-state index contributed by atoms with van der Waals surface area (Å²) in [4.78, 5) is 13.2. The topological polar surface area (TPSA) is 35.5 Å². The largest absolute Gasteiger partial charge is 0.462 e. The van der Waals surface area contributed by atoms with Crippen LogP contribution < -0.4 is 4.74 Å². The van der Waals surface area contributed by atoms with E-state index >= 15 is 0 Å². The van der Waals surface area contributed by atoms with Gasteiger partial charge in [-0.3, -0.25) is 0 Å². The van der Waals surface area contributed by atoms with Crippen LogP contribution in [0.25, 0.3) is 0 Å². The Morgan fingerprint density at radius 2 is 1.39 bits per heavy atom. The van der Waals surface area contributed by atoms with Crippen molar-refractivity contribution >= 4 is 5.97 Å². The van der Waals surface area contributed by atoms with E-state index < -0.39 is 5.41 Å². The van der Waals surface area contributed by atoms with Gasteiger partial charge in [0.05, 0.1) is 17.6 Å². The first-order valence-corrected chi connectivity index (χ1v) is 9.46. The summed E-state index contributed by atoms with van der Waals surface area (Å²) in [6.07, 6.45) is 0. The number of hydrogen-bond acceptors (Lipinski definition) is 3. The van der Waals surface area contributed by atoms with Crippen LogP contribution in [-0.4, -0.2) is 12.6 Å². The third-order valence-electron chi connectivity index (χ3n) is 5.17.